The summed E-state index contributed by atoms with van der Waals surface area (Å²) in [6, 6.07) is 10.0. The number of benzene rings is 1. The number of rotatable bonds is 7. The van der Waals surface area contributed by atoms with Gasteiger partial charge in [-0.1, -0.05) is 6.07 Å². The molecule has 3 rings (SSSR count). The molecule has 30 heavy (non-hydrogen) atoms. The summed E-state index contributed by atoms with van der Waals surface area (Å²) in [5.74, 6) is -0.556. The predicted molar refractivity (Wildman–Crippen MR) is 108 cm³/mol. The minimum atomic E-state index is -0.619. The summed E-state index contributed by atoms with van der Waals surface area (Å²) in [6.45, 7) is 0.0527. The molecule has 0 radical (unpaired) electrons. The predicted octanol–water partition coefficient (Wildman–Crippen LogP) is 1.96. The molecule has 0 saturated carbocycles. The Balaban J connectivity index is 1.44. The maximum Gasteiger partial charge on any atom is 0.319 e. The standard InChI is InChI=1S/C21H25FN4O4/c22-14-4-6-15(7-5-14)25-21(29)26-18-9-8-17(30-19(18)13-27)11-20(28)24-12-16-3-1-2-10-23-16/h1-7,10,17-19,27H,8-9,11-13H2,(H,24,28)(H2,25,26,29)/t17-,18-,19-/m0/s1. The number of ether oxygens (including phenoxy) is 1. The van der Waals surface area contributed by atoms with Gasteiger partial charge in [0.25, 0.3) is 0 Å². The number of hydrogen-bond donors (Lipinski definition) is 4. The molecule has 8 nitrogen and oxygen atoms in total. The number of carbonyl (C=O) groups is 2. The van der Waals surface area contributed by atoms with Crippen LogP contribution < -0.4 is 16.0 Å². The van der Waals surface area contributed by atoms with Gasteiger partial charge in [-0.25, -0.2) is 9.18 Å². The Kier molecular flexibility index (Phi) is 7.69. The zero-order valence-corrected chi connectivity index (χ0v) is 16.4. The highest BCUT2D eigenvalue weighted by Gasteiger charge is 2.32. The second kappa shape index (κ2) is 10.7. The number of amides is 3. The van der Waals surface area contributed by atoms with E-state index < -0.39 is 24.0 Å². The number of pyridine rings is 1. The van der Waals surface area contributed by atoms with Crippen LogP contribution in [0.3, 0.4) is 0 Å². The SMILES string of the molecule is O=C(C[C@@H]1CC[C@H](NC(=O)Nc2ccc(F)cc2)[C@H](CO)O1)NCc1ccccn1. The third kappa shape index (κ3) is 6.50. The lowest BCUT2D eigenvalue weighted by Gasteiger charge is -2.35. The Hall–Kier alpha value is -3.04. The molecular formula is C21H25FN4O4. The van der Waals surface area contributed by atoms with E-state index in [0.29, 0.717) is 25.1 Å². The monoisotopic (exact) mass is 416 g/mol. The number of carbonyl (C=O) groups excluding carboxylic acids is 2. The van der Waals surface area contributed by atoms with Crippen LogP contribution in [0.25, 0.3) is 0 Å². The van der Waals surface area contributed by atoms with Gasteiger partial charge in [-0.3, -0.25) is 9.78 Å². The van der Waals surface area contributed by atoms with Crippen molar-refractivity contribution in [2.24, 2.45) is 0 Å². The maximum absolute atomic E-state index is 13.0. The average molecular weight is 416 g/mol. The lowest BCUT2D eigenvalue weighted by atomic mass is 9.97. The Labute approximate surface area is 173 Å². The molecule has 1 aromatic heterocycles. The van der Waals surface area contributed by atoms with Crippen LogP contribution in [0.2, 0.25) is 0 Å². The van der Waals surface area contributed by atoms with Crippen LogP contribution >= 0.6 is 0 Å². The Bertz CT molecular complexity index is 835. The van der Waals surface area contributed by atoms with Crippen molar-refractivity contribution in [3.8, 4) is 0 Å². The van der Waals surface area contributed by atoms with E-state index in [9.17, 15) is 19.1 Å². The molecule has 9 heteroatoms. The molecule has 1 saturated heterocycles. The third-order valence-electron chi connectivity index (χ3n) is 4.82. The molecule has 3 atom stereocenters. The van der Waals surface area contributed by atoms with Crippen molar-refractivity contribution in [1.82, 2.24) is 15.6 Å². The van der Waals surface area contributed by atoms with Gasteiger partial charge in [0.2, 0.25) is 5.91 Å². The normalized spacial score (nSPS) is 20.9. The zero-order chi connectivity index (χ0) is 21.3. The van der Waals surface area contributed by atoms with Crippen LogP contribution in [-0.2, 0) is 16.1 Å². The van der Waals surface area contributed by atoms with Gasteiger partial charge in [0.1, 0.15) is 11.9 Å². The molecule has 0 bridgehead atoms. The van der Waals surface area contributed by atoms with Crippen LogP contribution in [0.5, 0.6) is 0 Å². The molecule has 1 fully saturated rings. The van der Waals surface area contributed by atoms with Crippen LogP contribution in [0.1, 0.15) is 25.0 Å². The highest BCUT2D eigenvalue weighted by Crippen LogP contribution is 2.22. The minimum Gasteiger partial charge on any atom is -0.394 e. The largest absolute Gasteiger partial charge is 0.394 e. The number of aliphatic hydroxyl groups excluding tert-OH is 1. The molecule has 2 aromatic rings. The fourth-order valence-corrected chi connectivity index (χ4v) is 3.29. The molecule has 3 amide bonds. The first kappa shape index (κ1) is 21.7. The van der Waals surface area contributed by atoms with E-state index in [4.69, 9.17) is 4.74 Å². The highest BCUT2D eigenvalue weighted by molar-refractivity contribution is 5.89. The molecule has 160 valence electrons. The lowest BCUT2D eigenvalue weighted by Crippen LogP contribution is -2.52. The molecule has 1 aliphatic heterocycles. The van der Waals surface area contributed by atoms with Gasteiger partial charge in [-0.2, -0.15) is 0 Å². The Morgan fingerprint density at radius 2 is 1.97 bits per heavy atom. The second-order valence-electron chi connectivity index (χ2n) is 7.07. The number of halogens is 1. The summed E-state index contributed by atoms with van der Waals surface area (Å²) in [4.78, 5) is 28.5. The summed E-state index contributed by atoms with van der Waals surface area (Å²) in [5.41, 5.74) is 1.22. The molecule has 4 N–H and O–H groups in total. The highest BCUT2D eigenvalue weighted by atomic mass is 19.1. The maximum atomic E-state index is 13.0. The summed E-state index contributed by atoms with van der Waals surface area (Å²) >= 11 is 0. The van der Waals surface area contributed by atoms with E-state index in [1.807, 2.05) is 12.1 Å². The summed E-state index contributed by atoms with van der Waals surface area (Å²) in [6.07, 6.45) is 1.99. The van der Waals surface area contributed by atoms with Gasteiger partial charge in [0.05, 0.1) is 37.4 Å². The van der Waals surface area contributed by atoms with Crippen LogP contribution in [0.4, 0.5) is 14.9 Å². The van der Waals surface area contributed by atoms with Gasteiger partial charge in [-0.05, 0) is 49.2 Å². The van der Waals surface area contributed by atoms with Gasteiger partial charge in [0.15, 0.2) is 0 Å². The van der Waals surface area contributed by atoms with Gasteiger partial charge >= 0.3 is 6.03 Å². The van der Waals surface area contributed by atoms with Crippen molar-refractivity contribution >= 4 is 17.6 Å². The first-order valence-electron chi connectivity index (χ1n) is 9.79. The number of aromatic nitrogens is 1. The van der Waals surface area contributed by atoms with Crippen molar-refractivity contribution in [2.45, 2.75) is 44.1 Å². The van der Waals surface area contributed by atoms with Crippen molar-refractivity contribution in [1.29, 1.82) is 0 Å². The van der Waals surface area contributed by atoms with Crippen molar-refractivity contribution in [3.63, 3.8) is 0 Å². The van der Waals surface area contributed by atoms with E-state index >= 15 is 0 Å². The van der Waals surface area contributed by atoms with E-state index in [2.05, 4.69) is 20.9 Å². The van der Waals surface area contributed by atoms with Crippen LogP contribution in [0, 0.1) is 5.82 Å². The number of anilines is 1. The zero-order valence-electron chi connectivity index (χ0n) is 16.4. The second-order valence-corrected chi connectivity index (χ2v) is 7.07. The van der Waals surface area contributed by atoms with Crippen LogP contribution in [0.15, 0.2) is 48.7 Å². The minimum absolute atomic E-state index is 0.164. The molecule has 2 heterocycles. The number of nitrogens with zero attached hydrogens (tertiary/aromatic N) is 1. The first-order valence-corrected chi connectivity index (χ1v) is 9.79. The van der Waals surface area contributed by atoms with Gasteiger partial charge in [-0.15, -0.1) is 0 Å². The molecule has 0 unspecified atom stereocenters. The molecule has 1 aliphatic rings. The molecule has 1 aromatic carbocycles. The lowest BCUT2D eigenvalue weighted by molar-refractivity contribution is -0.130. The van der Waals surface area contributed by atoms with E-state index in [0.717, 1.165) is 5.69 Å². The number of urea groups is 1. The number of hydrogen-bond acceptors (Lipinski definition) is 5. The summed E-state index contributed by atoms with van der Waals surface area (Å²) in [7, 11) is 0. The average Bonchev–Trinajstić information content (AvgIpc) is 2.75. The van der Waals surface area contributed by atoms with Crippen molar-refractivity contribution in [3.05, 3.63) is 60.2 Å². The van der Waals surface area contributed by atoms with E-state index in [1.165, 1.54) is 24.3 Å². The first-order chi connectivity index (χ1) is 14.5. The third-order valence-corrected chi connectivity index (χ3v) is 4.82. The fourth-order valence-electron chi connectivity index (χ4n) is 3.29. The van der Waals surface area contributed by atoms with Gasteiger partial charge in [0, 0.05) is 11.9 Å². The van der Waals surface area contributed by atoms with Gasteiger partial charge < -0.3 is 25.8 Å². The summed E-state index contributed by atoms with van der Waals surface area (Å²) in [5, 5.41) is 17.8. The van der Waals surface area contributed by atoms with E-state index in [1.54, 1.807) is 12.3 Å². The summed E-state index contributed by atoms with van der Waals surface area (Å²) < 4.78 is 18.8. The fraction of sp³-hybridized carbons (Fsp3) is 0.381. The van der Waals surface area contributed by atoms with Crippen molar-refractivity contribution < 1.29 is 23.8 Å². The topological polar surface area (TPSA) is 113 Å². The number of nitrogens with one attached hydrogen (secondary N) is 3. The molecule has 0 aliphatic carbocycles. The van der Waals surface area contributed by atoms with Crippen molar-refractivity contribution in [2.75, 3.05) is 11.9 Å². The Morgan fingerprint density at radius 1 is 1.17 bits per heavy atom. The Morgan fingerprint density at radius 3 is 2.67 bits per heavy atom. The molecule has 0 spiro atoms. The quantitative estimate of drug-likeness (QED) is 0.551. The smallest absolute Gasteiger partial charge is 0.319 e. The van der Waals surface area contributed by atoms with E-state index in [-0.39, 0.29) is 25.0 Å². The number of aliphatic hydroxyl groups is 1. The molecular weight excluding hydrogens is 391 g/mol. The van der Waals surface area contributed by atoms with Crippen LogP contribution in [-0.4, -0.2) is 46.9 Å².